The third-order valence-electron chi connectivity index (χ3n) is 16.6. The molecular formula is C73H81N. The first kappa shape index (κ1) is 51.1. The SMILES string of the molecule is CC(C)(C)c1cc(-c2ccc(-c3cc(N(c4cccc(-c5cccc(C6CCCCC6)c5)c4)c4ccc5c(c4)C(C)(C)c4ccccc4-5)cc(C(C)(C)C)c3)cc2)cc(-c2cc(C(C)(C)C)cc(C(C)(C)C)c2)c1. The first-order chi connectivity index (χ1) is 34.9. The van der Waals surface area contributed by atoms with Crippen LogP contribution >= 0.6 is 0 Å². The highest BCUT2D eigenvalue weighted by molar-refractivity contribution is 5.88. The third-order valence-corrected chi connectivity index (χ3v) is 16.6. The number of hydrogen-bond donors (Lipinski definition) is 0. The summed E-state index contributed by atoms with van der Waals surface area (Å²) in [5.41, 5.74) is 25.6. The number of hydrogen-bond acceptors (Lipinski definition) is 1. The summed E-state index contributed by atoms with van der Waals surface area (Å²) < 4.78 is 0. The molecular weight excluding hydrogens is 891 g/mol. The summed E-state index contributed by atoms with van der Waals surface area (Å²) >= 11 is 0. The first-order valence-electron chi connectivity index (χ1n) is 27.8. The number of benzene rings is 8. The molecule has 0 heterocycles. The fourth-order valence-electron chi connectivity index (χ4n) is 11.8. The molecule has 0 saturated heterocycles. The topological polar surface area (TPSA) is 3.24 Å². The van der Waals surface area contributed by atoms with Crippen LogP contribution in [-0.4, -0.2) is 0 Å². The second-order valence-electron chi connectivity index (χ2n) is 26.7. The quantitative estimate of drug-likeness (QED) is 0.147. The minimum Gasteiger partial charge on any atom is -0.310 e. The Morgan fingerprint density at radius 3 is 1.39 bits per heavy atom. The molecule has 8 aromatic rings. The van der Waals surface area contributed by atoms with Gasteiger partial charge in [-0.1, -0.05) is 244 Å². The van der Waals surface area contributed by atoms with E-state index in [9.17, 15) is 0 Å². The molecule has 0 aromatic heterocycles. The van der Waals surface area contributed by atoms with Crippen LogP contribution in [0.3, 0.4) is 0 Å². The predicted molar refractivity (Wildman–Crippen MR) is 321 cm³/mol. The van der Waals surface area contributed by atoms with Gasteiger partial charge in [-0.05, 0) is 177 Å². The van der Waals surface area contributed by atoms with E-state index >= 15 is 0 Å². The minimum atomic E-state index is -0.131. The lowest BCUT2D eigenvalue weighted by Gasteiger charge is -2.30. The number of anilines is 3. The molecule has 0 atom stereocenters. The molecule has 74 heavy (non-hydrogen) atoms. The number of rotatable bonds is 8. The van der Waals surface area contributed by atoms with Gasteiger partial charge < -0.3 is 4.90 Å². The molecule has 0 amide bonds. The first-order valence-corrected chi connectivity index (χ1v) is 27.8. The maximum atomic E-state index is 2.53. The monoisotopic (exact) mass is 972 g/mol. The van der Waals surface area contributed by atoms with E-state index in [-0.39, 0.29) is 27.1 Å². The van der Waals surface area contributed by atoms with Crippen LogP contribution < -0.4 is 4.90 Å². The maximum Gasteiger partial charge on any atom is 0.0470 e. The van der Waals surface area contributed by atoms with E-state index in [0.717, 1.165) is 11.4 Å². The maximum absolute atomic E-state index is 2.53. The van der Waals surface area contributed by atoms with E-state index in [4.69, 9.17) is 0 Å². The number of nitrogens with zero attached hydrogens (tertiary/aromatic N) is 1. The second kappa shape index (κ2) is 19.0. The van der Waals surface area contributed by atoms with Crippen molar-refractivity contribution in [2.75, 3.05) is 4.90 Å². The molecule has 0 spiro atoms. The van der Waals surface area contributed by atoms with Gasteiger partial charge in [-0.25, -0.2) is 0 Å². The molecule has 10 rings (SSSR count). The van der Waals surface area contributed by atoms with Crippen molar-refractivity contribution in [2.45, 2.75) is 162 Å². The Hall–Kier alpha value is -6.44. The van der Waals surface area contributed by atoms with Gasteiger partial charge in [-0.2, -0.15) is 0 Å². The average Bonchev–Trinajstić information content (AvgIpc) is 3.61. The third kappa shape index (κ3) is 10.2. The van der Waals surface area contributed by atoms with Crippen LogP contribution in [0.2, 0.25) is 0 Å². The van der Waals surface area contributed by atoms with Crippen molar-refractivity contribution in [1.82, 2.24) is 0 Å². The van der Waals surface area contributed by atoms with Crippen molar-refractivity contribution >= 4 is 17.1 Å². The van der Waals surface area contributed by atoms with E-state index in [1.165, 1.54) is 132 Å². The molecule has 0 N–H and O–H groups in total. The summed E-state index contributed by atoms with van der Waals surface area (Å²) in [4.78, 5) is 2.53. The van der Waals surface area contributed by atoms with Crippen molar-refractivity contribution in [3.05, 3.63) is 209 Å². The minimum absolute atomic E-state index is 0.0219. The Balaban J connectivity index is 1.10. The van der Waals surface area contributed by atoms with Gasteiger partial charge in [-0.15, -0.1) is 0 Å². The smallest absolute Gasteiger partial charge is 0.0470 e. The van der Waals surface area contributed by atoms with Crippen molar-refractivity contribution in [3.8, 4) is 55.6 Å². The van der Waals surface area contributed by atoms with Gasteiger partial charge in [0.1, 0.15) is 0 Å². The standard InChI is InChI=1S/C73H81N/c1-69(2,3)58-38-54(37-55(39-58)56-40-59(70(4,5)6)45-60(41-56)71(7,8)9)49-30-32-50(33-31-49)57-42-61(72(10,11)12)46-64(44-57)74(63-34-35-66-65-28-18-19-29-67(65)73(13,14)68(66)47-63)62-27-21-26-53(43-62)52-25-20-24-51(36-52)48-22-16-15-17-23-48/h18-21,24-48H,15-17,22-23H2,1-14H3. The zero-order valence-corrected chi connectivity index (χ0v) is 47.2. The molecule has 2 aliphatic rings. The zero-order valence-electron chi connectivity index (χ0n) is 47.2. The average molecular weight is 972 g/mol. The largest absolute Gasteiger partial charge is 0.310 e. The summed E-state index contributed by atoms with van der Waals surface area (Å²) in [7, 11) is 0. The van der Waals surface area contributed by atoms with Gasteiger partial charge in [0.2, 0.25) is 0 Å². The molecule has 0 unspecified atom stereocenters. The predicted octanol–water partition coefficient (Wildman–Crippen LogP) is 21.4. The lowest BCUT2D eigenvalue weighted by molar-refractivity contribution is 0.444. The summed E-state index contributed by atoms with van der Waals surface area (Å²) in [6.45, 7) is 32.8. The van der Waals surface area contributed by atoms with Gasteiger partial charge in [-0.3, -0.25) is 0 Å². The van der Waals surface area contributed by atoms with Crippen molar-refractivity contribution < 1.29 is 0 Å². The molecule has 1 nitrogen and oxygen atoms in total. The molecule has 378 valence electrons. The van der Waals surface area contributed by atoms with E-state index in [2.05, 4.69) is 272 Å². The van der Waals surface area contributed by atoms with Crippen molar-refractivity contribution in [1.29, 1.82) is 0 Å². The lowest BCUT2D eigenvalue weighted by atomic mass is 9.78. The summed E-state index contributed by atoms with van der Waals surface area (Å²) in [6, 6.07) is 66.2. The van der Waals surface area contributed by atoms with E-state index in [0.29, 0.717) is 5.92 Å². The molecule has 0 radical (unpaired) electrons. The molecule has 0 aliphatic heterocycles. The second-order valence-corrected chi connectivity index (χ2v) is 26.7. The highest BCUT2D eigenvalue weighted by atomic mass is 15.1. The molecule has 0 bridgehead atoms. The van der Waals surface area contributed by atoms with Crippen molar-refractivity contribution in [2.24, 2.45) is 0 Å². The fraction of sp³-hybridized carbons (Fsp3) is 0.342. The lowest BCUT2D eigenvalue weighted by Crippen LogP contribution is -2.17. The highest BCUT2D eigenvalue weighted by Gasteiger charge is 2.36. The van der Waals surface area contributed by atoms with Crippen LogP contribution in [0, 0.1) is 0 Å². The summed E-state index contributed by atoms with van der Waals surface area (Å²) in [6.07, 6.45) is 6.62. The Kier molecular flexibility index (Phi) is 13.1. The van der Waals surface area contributed by atoms with E-state index < -0.39 is 0 Å². The Morgan fingerprint density at radius 2 is 0.797 bits per heavy atom. The Morgan fingerprint density at radius 1 is 0.338 bits per heavy atom. The van der Waals surface area contributed by atoms with Crippen LogP contribution in [0.5, 0.6) is 0 Å². The van der Waals surface area contributed by atoms with Gasteiger partial charge in [0.05, 0.1) is 0 Å². The van der Waals surface area contributed by atoms with Gasteiger partial charge >= 0.3 is 0 Å². The van der Waals surface area contributed by atoms with Crippen LogP contribution in [0.25, 0.3) is 55.6 Å². The van der Waals surface area contributed by atoms with Crippen molar-refractivity contribution in [3.63, 3.8) is 0 Å². The van der Waals surface area contributed by atoms with Gasteiger partial charge in [0.25, 0.3) is 0 Å². The Labute approximate surface area is 446 Å². The van der Waals surface area contributed by atoms with Gasteiger partial charge in [0, 0.05) is 22.5 Å². The van der Waals surface area contributed by atoms with E-state index in [1.807, 2.05) is 0 Å². The van der Waals surface area contributed by atoms with Crippen LogP contribution in [-0.2, 0) is 27.1 Å². The van der Waals surface area contributed by atoms with Gasteiger partial charge in [0.15, 0.2) is 0 Å². The van der Waals surface area contributed by atoms with Crippen LogP contribution in [0.1, 0.15) is 174 Å². The van der Waals surface area contributed by atoms with Crippen LogP contribution in [0.15, 0.2) is 170 Å². The molecule has 1 heteroatoms. The highest BCUT2D eigenvalue weighted by Crippen LogP contribution is 2.51. The molecule has 2 aliphatic carbocycles. The Bertz CT molecular complexity index is 3330. The summed E-state index contributed by atoms with van der Waals surface area (Å²) in [5, 5.41) is 0. The van der Waals surface area contributed by atoms with E-state index in [1.54, 1.807) is 0 Å². The number of fused-ring (bicyclic) bond motifs is 3. The molecule has 1 fully saturated rings. The summed E-state index contributed by atoms with van der Waals surface area (Å²) in [5.74, 6) is 0.652. The zero-order chi connectivity index (χ0) is 52.5. The fourth-order valence-corrected chi connectivity index (χ4v) is 11.8. The molecule has 8 aromatic carbocycles. The molecule has 1 saturated carbocycles. The van der Waals surface area contributed by atoms with Crippen LogP contribution in [0.4, 0.5) is 17.1 Å². The normalized spacial score (nSPS) is 14.9.